The molecule has 0 aromatic heterocycles. The molecule has 5 aliphatic carbocycles. The maximum Gasteiger partial charge on any atom is 0.0971 e. The molecule has 0 bridgehead atoms. The van der Waals surface area contributed by atoms with Crippen LogP contribution in [0.15, 0.2) is 0 Å². The Morgan fingerprint density at radius 3 is 2.34 bits per heavy atom. The van der Waals surface area contributed by atoms with Gasteiger partial charge in [0.05, 0.1) is 23.4 Å². The topological polar surface area (TPSA) is 42.0 Å². The molecule has 3 heteroatoms. The van der Waals surface area contributed by atoms with Gasteiger partial charge in [0, 0.05) is 18.9 Å². The second kappa shape index (κ2) is 6.55. The summed E-state index contributed by atoms with van der Waals surface area (Å²) in [5.41, 5.74) is 1.17. The minimum atomic E-state index is -0.263. The second-order valence-electron chi connectivity index (χ2n) is 14.4. The predicted octanol–water partition coefficient (Wildman–Crippen LogP) is 6.22. The van der Waals surface area contributed by atoms with Crippen molar-refractivity contribution in [3.8, 4) is 0 Å². The third kappa shape index (κ3) is 2.55. The molecule has 182 valence electrons. The van der Waals surface area contributed by atoms with Crippen molar-refractivity contribution in [2.75, 3.05) is 7.11 Å². The lowest BCUT2D eigenvalue weighted by Gasteiger charge is -2.61. The van der Waals surface area contributed by atoms with E-state index in [4.69, 9.17) is 9.47 Å². The van der Waals surface area contributed by atoms with Gasteiger partial charge in [-0.15, -0.1) is 0 Å². The highest BCUT2D eigenvalue weighted by Crippen LogP contribution is 2.82. The third-order valence-electron chi connectivity index (χ3n) is 13.5. The van der Waals surface area contributed by atoms with Crippen LogP contribution in [0.2, 0.25) is 0 Å². The second-order valence-corrected chi connectivity index (χ2v) is 14.4. The van der Waals surface area contributed by atoms with E-state index in [1.807, 2.05) is 7.11 Å². The summed E-state index contributed by atoms with van der Waals surface area (Å²) in [6, 6.07) is 0. The summed E-state index contributed by atoms with van der Waals surface area (Å²) in [5, 5.41) is 11.3. The van der Waals surface area contributed by atoms with E-state index in [9.17, 15) is 5.11 Å². The fraction of sp³-hybridized carbons (Fsp3) is 1.00. The predicted molar refractivity (Wildman–Crippen MR) is 127 cm³/mol. The first-order valence-electron chi connectivity index (χ1n) is 13.8. The molecule has 12 atom stereocenters. The van der Waals surface area contributed by atoms with Crippen molar-refractivity contribution in [2.24, 2.45) is 51.8 Å². The highest BCUT2D eigenvalue weighted by Gasteiger charge is 2.77. The first kappa shape index (κ1) is 22.4. The molecule has 1 aliphatic heterocycles. The third-order valence-corrected chi connectivity index (χ3v) is 13.5. The van der Waals surface area contributed by atoms with Gasteiger partial charge in [0.15, 0.2) is 0 Å². The van der Waals surface area contributed by atoms with E-state index in [1.54, 1.807) is 0 Å². The van der Waals surface area contributed by atoms with Gasteiger partial charge in [-0.05, 0) is 118 Å². The minimum absolute atomic E-state index is 0.0848. The molecule has 1 N–H and O–H groups in total. The number of epoxide rings is 1. The van der Waals surface area contributed by atoms with E-state index in [-0.39, 0.29) is 17.3 Å². The molecule has 6 fully saturated rings. The van der Waals surface area contributed by atoms with E-state index in [2.05, 4.69) is 41.5 Å². The molecular weight excluding hydrogens is 396 g/mol. The summed E-state index contributed by atoms with van der Waals surface area (Å²) >= 11 is 0. The van der Waals surface area contributed by atoms with Gasteiger partial charge in [-0.3, -0.25) is 0 Å². The summed E-state index contributed by atoms with van der Waals surface area (Å²) < 4.78 is 12.3. The monoisotopic (exact) mass is 444 g/mol. The van der Waals surface area contributed by atoms with Gasteiger partial charge < -0.3 is 14.6 Å². The Balaban J connectivity index is 1.23. The van der Waals surface area contributed by atoms with Crippen molar-refractivity contribution in [3.63, 3.8) is 0 Å². The number of rotatable bonds is 5. The van der Waals surface area contributed by atoms with Gasteiger partial charge in [-0.1, -0.05) is 20.8 Å². The van der Waals surface area contributed by atoms with Crippen molar-refractivity contribution >= 4 is 0 Å². The Morgan fingerprint density at radius 2 is 1.72 bits per heavy atom. The molecule has 6 aliphatic rings. The fourth-order valence-corrected chi connectivity index (χ4v) is 11.2. The number of hydrogen-bond acceptors (Lipinski definition) is 3. The zero-order valence-corrected chi connectivity index (χ0v) is 21.7. The summed E-state index contributed by atoms with van der Waals surface area (Å²) in [5.74, 6) is 4.48. The molecule has 0 radical (unpaired) electrons. The van der Waals surface area contributed by atoms with Crippen LogP contribution in [0.1, 0.15) is 99.3 Å². The Kier molecular flexibility index (Phi) is 4.57. The Hall–Kier alpha value is -0.120. The first-order valence-corrected chi connectivity index (χ1v) is 13.8. The minimum Gasteiger partial charge on any atom is -0.393 e. The lowest BCUT2D eigenvalue weighted by atomic mass is 9.45. The highest BCUT2D eigenvalue weighted by atomic mass is 16.6. The Morgan fingerprint density at radius 1 is 1.00 bits per heavy atom. The number of ether oxygens (including phenoxy) is 2. The molecule has 1 spiro atoms. The Labute approximate surface area is 196 Å². The maximum atomic E-state index is 11.3. The van der Waals surface area contributed by atoms with Crippen molar-refractivity contribution in [1.82, 2.24) is 0 Å². The van der Waals surface area contributed by atoms with E-state index in [1.165, 1.54) is 51.4 Å². The number of fused-ring (bicyclic) bond motifs is 4. The molecule has 0 amide bonds. The van der Waals surface area contributed by atoms with Crippen molar-refractivity contribution in [2.45, 2.75) is 123 Å². The van der Waals surface area contributed by atoms with E-state index in [0.29, 0.717) is 34.2 Å². The highest BCUT2D eigenvalue weighted by molar-refractivity contribution is 5.26. The van der Waals surface area contributed by atoms with Gasteiger partial charge in [-0.2, -0.15) is 0 Å². The molecule has 5 saturated carbocycles. The lowest BCUT2D eigenvalue weighted by Crippen LogP contribution is -2.57. The van der Waals surface area contributed by atoms with Gasteiger partial charge in [0.1, 0.15) is 0 Å². The van der Waals surface area contributed by atoms with Crippen LogP contribution in [0.5, 0.6) is 0 Å². The van der Waals surface area contributed by atoms with Crippen molar-refractivity contribution < 1.29 is 14.6 Å². The van der Waals surface area contributed by atoms with Gasteiger partial charge >= 0.3 is 0 Å². The van der Waals surface area contributed by atoms with E-state index in [0.717, 1.165) is 30.1 Å². The van der Waals surface area contributed by atoms with Gasteiger partial charge in [0.2, 0.25) is 0 Å². The summed E-state index contributed by atoms with van der Waals surface area (Å²) in [6.45, 7) is 14.1. The molecule has 0 aromatic rings. The molecule has 32 heavy (non-hydrogen) atoms. The smallest absolute Gasteiger partial charge is 0.0971 e. The van der Waals surface area contributed by atoms with Crippen LogP contribution in [0.4, 0.5) is 0 Å². The van der Waals surface area contributed by atoms with Crippen LogP contribution >= 0.6 is 0 Å². The zero-order valence-electron chi connectivity index (χ0n) is 21.7. The molecule has 0 unspecified atom stereocenters. The molecule has 3 nitrogen and oxygen atoms in total. The standard InChI is InChI=1S/C29H48O3/c1-17(23(30)16-28(6)25(2,3)32-28)20-8-9-21-19-14-24(31-7)29-15-18(29)10-13-27(29,5)22(19)11-12-26(20,21)4/h17-24,30H,8-16H2,1-7H3/t17-,18+,19-,20+,21-,22-,23+,24+,26+,27+,28+,29-/m0/s1. The SMILES string of the molecule is CO[C@@H]1C[C@H]2[C@@H]3CC[C@H]([C@H](C)[C@H](O)C[C@@]4(C)OC4(C)C)[C@@]3(C)CC[C@@H]2[C@@]2(C)CC[C@@H]3C[C@]312. The van der Waals surface area contributed by atoms with Crippen LogP contribution in [0.25, 0.3) is 0 Å². The summed E-state index contributed by atoms with van der Waals surface area (Å²) in [6.07, 6.45) is 12.1. The number of aliphatic hydroxyl groups is 1. The molecule has 6 rings (SSSR count). The maximum absolute atomic E-state index is 11.3. The van der Waals surface area contributed by atoms with Crippen LogP contribution in [-0.2, 0) is 9.47 Å². The van der Waals surface area contributed by atoms with Gasteiger partial charge in [0.25, 0.3) is 0 Å². The van der Waals surface area contributed by atoms with Crippen LogP contribution < -0.4 is 0 Å². The first-order chi connectivity index (χ1) is 14.9. The number of hydrogen-bond donors (Lipinski definition) is 1. The lowest BCUT2D eigenvalue weighted by molar-refractivity contribution is -0.162. The summed E-state index contributed by atoms with van der Waals surface area (Å²) in [7, 11) is 1.99. The average Bonchev–Trinajstić information content (AvgIpc) is 3.45. The quantitative estimate of drug-likeness (QED) is 0.512. The fourth-order valence-electron chi connectivity index (χ4n) is 11.2. The number of aliphatic hydroxyl groups excluding tert-OH is 1. The zero-order chi connectivity index (χ0) is 22.9. The van der Waals surface area contributed by atoms with Crippen molar-refractivity contribution in [3.05, 3.63) is 0 Å². The van der Waals surface area contributed by atoms with E-state index < -0.39 is 0 Å². The number of methoxy groups -OCH3 is 1. The molecule has 0 aromatic carbocycles. The van der Waals surface area contributed by atoms with Crippen LogP contribution in [0.3, 0.4) is 0 Å². The largest absolute Gasteiger partial charge is 0.393 e. The van der Waals surface area contributed by atoms with E-state index >= 15 is 0 Å². The molecular formula is C29H48O3. The molecule has 1 heterocycles. The Bertz CT molecular complexity index is 793. The van der Waals surface area contributed by atoms with Crippen LogP contribution in [-0.4, -0.2) is 35.6 Å². The van der Waals surface area contributed by atoms with Gasteiger partial charge in [-0.25, -0.2) is 0 Å². The summed E-state index contributed by atoms with van der Waals surface area (Å²) in [4.78, 5) is 0. The van der Waals surface area contributed by atoms with Crippen molar-refractivity contribution in [1.29, 1.82) is 0 Å². The normalized spacial score (nSPS) is 58.9. The average molecular weight is 445 g/mol. The molecule has 1 saturated heterocycles. The van der Waals surface area contributed by atoms with Crippen LogP contribution in [0, 0.1) is 51.8 Å².